The largest absolute Gasteiger partial charge is 0.0845 e. The topological polar surface area (TPSA) is 0 Å². The molecule has 1 radical (unpaired) electrons. The van der Waals surface area contributed by atoms with E-state index in [0.29, 0.717) is 0 Å². The fourth-order valence-corrected chi connectivity index (χ4v) is 0.762. The molecule has 0 aromatic heterocycles. The molecule has 0 unspecified atom stereocenters. The maximum Gasteiger partial charge on any atom is -0.0348 e. The first-order chi connectivity index (χ1) is 5.91. The first-order valence-corrected chi connectivity index (χ1v) is 4.69. The average Bonchev–Trinajstić information content (AvgIpc) is 2.10. The molecule has 0 saturated heterocycles. The van der Waals surface area contributed by atoms with Crippen molar-refractivity contribution in [3.8, 4) is 0 Å². The molecule has 0 rings (SSSR count). The predicted octanol–water partition coefficient (Wildman–Crippen LogP) is 4.07. The Labute approximate surface area is 76.7 Å². The highest BCUT2D eigenvalue weighted by molar-refractivity contribution is 5.10. The van der Waals surface area contributed by atoms with Gasteiger partial charge in [0.1, 0.15) is 0 Å². The minimum Gasteiger partial charge on any atom is -0.0845 e. The number of rotatable bonds is 6. The van der Waals surface area contributed by atoms with E-state index in [9.17, 15) is 0 Å². The monoisotopic (exact) mass is 163 g/mol. The van der Waals surface area contributed by atoms with Gasteiger partial charge in [0.25, 0.3) is 0 Å². The van der Waals surface area contributed by atoms with Crippen LogP contribution in [0.1, 0.15) is 32.6 Å². The second-order valence-electron chi connectivity index (χ2n) is 2.67. The fraction of sp³-hybridized carbons (Fsp3) is 0.417. The van der Waals surface area contributed by atoms with Crippen molar-refractivity contribution in [1.29, 1.82) is 0 Å². The van der Waals surface area contributed by atoms with Crippen molar-refractivity contribution >= 4 is 0 Å². The van der Waals surface area contributed by atoms with Gasteiger partial charge in [-0.3, -0.25) is 0 Å². The van der Waals surface area contributed by atoms with Crippen molar-refractivity contribution in [1.82, 2.24) is 0 Å². The van der Waals surface area contributed by atoms with Crippen LogP contribution in [0.3, 0.4) is 0 Å². The summed E-state index contributed by atoms with van der Waals surface area (Å²) in [6, 6.07) is 0. The van der Waals surface area contributed by atoms with Crippen molar-refractivity contribution in [2.24, 2.45) is 0 Å². The molecule has 0 fully saturated rings. The number of hydrogen-bond donors (Lipinski definition) is 0. The molecule has 0 heterocycles. The van der Waals surface area contributed by atoms with E-state index >= 15 is 0 Å². The molecule has 0 heteroatoms. The van der Waals surface area contributed by atoms with Crippen LogP contribution in [0.2, 0.25) is 0 Å². The second-order valence-corrected chi connectivity index (χ2v) is 2.67. The lowest BCUT2D eigenvalue weighted by molar-refractivity contribution is 0.959. The van der Waals surface area contributed by atoms with E-state index in [4.69, 9.17) is 0 Å². The summed E-state index contributed by atoms with van der Waals surface area (Å²) in [6.07, 6.45) is 17.1. The Morgan fingerprint density at radius 3 is 2.00 bits per heavy atom. The van der Waals surface area contributed by atoms with Gasteiger partial charge in [0, 0.05) is 0 Å². The van der Waals surface area contributed by atoms with E-state index < -0.39 is 0 Å². The molecular weight excluding hydrogens is 144 g/mol. The van der Waals surface area contributed by atoms with Crippen molar-refractivity contribution in [2.45, 2.75) is 32.6 Å². The summed E-state index contributed by atoms with van der Waals surface area (Å²) >= 11 is 0. The summed E-state index contributed by atoms with van der Waals surface area (Å²) in [6.45, 7) is 5.94. The zero-order valence-corrected chi connectivity index (χ0v) is 8.00. The van der Waals surface area contributed by atoms with Crippen LogP contribution in [0.25, 0.3) is 0 Å². The van der Waals surface area contributed by atoms with Gasteiger partial charge in [0.15, 0.2) is 0 Å². The van der Waals surface area contributed by atoms with Crippen molar-refractivity contribution in [2.75, 3.05) is 0 Å². The van der Waals surface area contributed by atoms with E-state index in [1.807, 2.05) is 0 Å². The standard InChI is InChI=1S/C12H19/c1-3-5-7-9-11-12-10-8-6-4-2/h7-12H,1,3-6H2,2H3. The molecule has 12 heavy (non-hydrogen) atoms. The summed E-state index contributed by atoms with van der Waals surface area (Å²) in [7, 11) is 0. The van der Waals surface area contributed by atoms with Crippen LogP contribution in [-0.2, 0) is 0 Å². The van der Waals surface area contributed by atoms with Gasteiger partial charge in [0.2, 0.25) is 0 Å². The zero-order chi connectivity index (χ0) is 9.07. The summed E-state index contributed by atoms with van der Waals surface area (Å²) in [5.74, 6) is 0. The lowest BCUT2D eigenvalue weighted by atomic mass is 10.3. The van der Waals surface area contributed by atoms with Gasteiger partial charge in [0.05, 0.1) is 0 Å². The summed E-state index contributed by atoms with van der Waals surface area (Å²) in [5, 5.41) is 0. The third kappa shape index (κ3) is 9.22. The Morgan fingerprint density at radius 2 is 1.50 bits per heavy atom. The van der Waals surface area contributed by atoms with Gasteiger partial charge in [-0.15, -0.1) is 0 Å². The SMILES string of the molecule is [CH2]CCC=CC=CC=CCCC. The predicted molar refractivity (Wildman–Crippen MR) is 56.9 cm³/mol. The number of unbranched alkanes of at least 4 members (excludes halogenated alkanes) is 2. The first kappa shape index (κ1) is 11.2. The highest BCUT2D eigenvalue weighted by atomic mass is 13.8. The van der Waals surface area contributed by atoms with Crippen LogP contribution >= 0.6 is 0 Å². The van der Waals surface area contributed by atoms with Crippen molar-refractivity contribution < 1.29 is 0 Å². The highest BCUT2D eigenvalue weighted by Crippen LogP contribution is 1.91. The quantitative estimate of drug-likeness (QED) is 0.518. The van der Waals surface area contributed by atoms with Crippen LogP contribution in [0.15, 0.2) is 36.5 Å². The molecule has 0 saturated carbocycles. The maximum atomic E-state index is 3.75. The third-order valence-electron chi connectivity index (χ3n) is 1.43. The Morgan fingerprint density at radius 1 is 0.917 bits per heavy atom. The Balaban J connectivity index is 3.35. The molecule has 0 aromatic carbocycles. The molecule has 0 aliphatic heterocycles. The Bertz CT molecular complexity index is 131. The molecule has 0 aromatic rings. The highest BCUT2D eigenvalue weighted by Gasteiger charge is 1.70. The molecule has 67 valence electrons. The summed E-state index contributed by atoms with van der Waals surface area (Å²) in [5.41, 5.74) is 0. The average molecular weight is 163 g/mol. The van der Waals surface area contributed by atoms with Crippen LogP contribution in [-0.4, -0.2) is 0 Å². The van der Waals surface area contributed by atoms with Crippen LogP contribution in [0.4, 0.5) is 0 Å². The minimum atomic E-state index is 0.982. The minimum absolute atomic E-state index is 0.982. The fourth-order valence-electron chi connectivity index (χ4n) is 0.762. The van der Waals surface area contributed by atoms with Gasteiger partial charge in [-0.25, -0.2) is 0 Å². The molecule has 0 atom stereocenters. The Kier molecular flexibility index (Phi) is 9.56. The smallest absolute Gasteiger partial charge is 0.0348 e. The van der Waals surface area contributed by atoms with Gasteiger partial charge in [-0.1, -0.05) is 56.7 Å². The summed E-state index contributed by atoms with van der Waals surface area (Å²) in [4.78, 5) is 0. The van der Waals surface area contributed by atoms with E-state index in [0.717, 1.165) is 12.8 Å². The molecule has 0 nitrogen and oxygen atoms in total. The van der Waals surface area contributed by atoms with E-state index in [-0.39, 0.29) is 0 Å². The first-order valence-electron chi connectivity index (χ1n) is 4.69. The maximum absolute atomic E-state index is 3.75. The molecule has 0 bridgehead atoms. The van der Waals surface area contributed by atoms with Crippen LogP contribution < -0.4 is 0 Å². The lowest BCUT2D eigenvalue weighted by Gasteiger charge is -1.81. The van der Waals surface area contributed by atoms with Crippen LogP contribution in [0.5, 0.6) is 0 Å². The van der Waals surface area contributed by atoms with Gasteiger partial charge in [-0.2, -0.15) is 0 Å². The van der Waals surface area contributed by atoms with Gasteiger partial charge >= 0.3 is 0 Å². The zero-order valence-electron chi connectivity index (χ0n) is 8.00. The number of allylic oxidation sites excluding steroid dienone is 6. The molecule has 0 aliphatic rings. The van der Waals surface area contributed by atoms with Gasteiger partial charge in [-0.05, 0) is 19.3 Å². The normalized spacial score (nSPS) is 12.5. The van der Waals surface area contributed by atoms with Gasteiger partial charge < -0.3 is 0 Å². The summed E-state index contributed by atoms with van der Waals surface area (Å²) < 4.78 is 0. The van der Waals surface area contributed by atoms with Crippen molar-refractivity contribution in [3.05, 3.63) is 43.4 Å². The second kappa shape index (κ2) is 10.2. The lowest BCUT2D eigenvalue weighted by Crippen LogP contribution is -1.60. The van der Waals surface area contributed by atoms with E-state index in [1.165, 1.54) is 12.8 Å². The van der Waals surface area contributed by atoms with Crippen molar-refractivity contribution in [3.63, 3.8) is 0 Å². The van der Waals surface area contributed by atoms with E-state index in [2.05, 4.69) is 50.3 Å². The number of hydrogen-bond acceptors (Lipinski definition) is 0. The molecular formula is C12H19. The molecule has 0 amide bonds. The molecule has 0 aliphatic carbocycles. The molecule has 0 spiro atoms. The third-order valence-corrected chi connectivity index (χ3v) is 1.43. The molecule has 0 N–H and O–H groups in total. The van der Waals surface area contributed by atoms with Crippen LogP contribution in [0, 0.1) is 6.92 Å². The van der Waals surface area contributed by atoms with E-state index in [1.54, 1.807) is 0 Å². The Hall–Kier alpha value is -0.780.